The van der Waals surface area contributed by atoms with Crippen LogP contribution in [-0.2, 0) is 5.41 Å². The maximum absolute atomic E-state index is 14.0. The number of amides is 4. The maximum Gasteiger partial charge on any atom is 0.261 e. The highest BCUT2D eigenvalue weighted by Gasteiger charge is 2.48. The fourth-order valence-electron chi connectivity index (χ4n) is 7.90. The van der Waals surface area contributed by atoms with E-state index in [0.29, 0.717) is 35.3 Å². The average molecular weight is 845 g/mol. The van der Waals surface area contributed by atoms with Crippen LogP contribution in [-0.4, -0.2) is 104 Å². The summed E-state index contributed by atoms with van der Waals surface area (Å²) in [6.45, 7) is 0.752. The predicted octanol–water partition coefficient (Wildman–Crippen LogP) is 8.81. The predicted molar refractivity (Wildman–Crippen MR) is 241 cm³/mol. The van der Waals surface area contributed by atoms with E-state index in [0.717, 1.165) is 104 Å². The molecule has 55 heavy (non-hydrogen) atoms. The molecule has 0 aromatic heterocycles. The zero-order chi connectivity index (χ0) is 38.4. The lowest BCUT2D eigenvalue weighted by molar-refractivity contribution is 0.0639. The van der Waals surface area contributed by atoms with Crippen LogP contribution in [0.5, 0.6) is 0 Å². The van der Waals surface area contributed by atoms with Crippen LogP contribution in [0.2, 0.25) is 0 Å². The van der Waals surface area contributed by atoms with E-state index in [1.165, 1.54) is 9.80 Å². The van der Waals surface area contributed by atoms with Crippen molar-refractivity contribution < 1.29 is 19.2 Å². The molecule has 0 spiro atoms. The summed E-state index contributed by atoms with van der Waals surface area (Å²) in [4.78, 5) is 58.0. The number of thioether (sulfide) groups is 4. The fraction of sp³-hybridized carbons (Fsp3) is 0.349. The summed E-state index contributed by atoms with van der Waals surface area (Å²) in [5, 5.41) is 0. The Kier molecular flexibility index (Phi) is 13.7. The smallest absolute Gasteiger partial charge is 0.261 e. The quantitative estimate of drug-likeness (QED) is 0.0458. The van der Waals surface area contributed by atoms with Gasteiger partial charge in [0.25, 0.3) is 23.6 Å². The van der Waals surface area contributed by atoms with E-state index in [1.807, 2.05) is 95.6 Å². The van der Waals surface area contributed by atoms with E-state index in [-0.39, 0.29) is 23.6 Å². The molecule has 1 aliphatic carbocycles. The summed E-state index contributed by atoms with van der Waals surface area (Å²) < 4.78 is 0. The van der Waals surface area contributed by atoms with Gasteiger partial charge in [0.15, 0.2) is 0 Å². The first-order chi connectivity index (χ1) is 26.9. The molecular weight excluding hydrogens is 801 g/mol. The van der Waals surface area contributed by atoms with Crippen molar-refractivity contribution >= 4 is 95.9 Å². The van der Waals surface area contributed by atoms with Gasteiger partial charge in [0.2, 0.25) is 0 Å². The van der Waals surface area contributed by atoms with E-state index in [1.54, 1.807) is 12.1 Å². The molecule has 0 N–H and O–H groups in total. The minimum atomic E-state index is -0.909. The lowest BCUT2D eigenvalue weighted by Crippen LogP contribution is -2.31. The molecule has 0 saturated carbocycles. The highest BCUT2D eigenvalue weighted by molar-refractivity contribution is 8.03. The molecule has 7 rings (SSSR count). The lowest BCUT2D eigenvalue weighted by atomic mass is 9.67. The molecule has 4 aromatic carbocycles. The van der Waals surface area contributed by atoms with Crippen LogP contribution in [0.3, 0.4) is 0 Å². The second kappa shape index (κ2) is 18.7. The van der Waals surface area contributed by atoms with Crippen LogP contribution in [0.4, 0.5) is 0 Å². The number of imide groups is 2. The largest absolute Gasteiger partial charge is 0.274 e. The Bertz CT molecular complexity index is 1940. The summed E-state index contributed by atoms with van der Waals surface area (Å²) >= 11 is 16.0. The van der Waals surface area contributed by atoms with Crippen molar-refractivity contribution in [1.29, 1.82) is 0 Å². The first-order valence-corrected chi connectivity index (χ1v) is 24.5. The summed E-state index contributed by atoms with van der Waals surface area (Å²) in [7, 11) is 0. The van der Waals surface area contributed by atoms with Gasteiger partial charge >= 0.3 is 0 Å². The zero-order valence-electron chi connectivity index (χ0n) is 30.5. The van der Waals surface area contributed by atoms with Gasteiger partial charge in [0.05, 0.1) is 27.7 Å². The summed E-state index contributed by atoms with van der Waals surface area (Å²) in [6.07, 6.45) is 1.47. The van der Waals surface area contributed by atoms with Crippen LogP contribution >= 0.6 is 72.3 Å². The SMILES string of the molecule is O=C1c2ccc(C3(c4ccc5c(c4)C(=O)N(CCCSCCSCCS)C5=O)c4ccccc4-c4ccccc43)cc2C(=O)N1CCCSCCSCCS. The third-order valence-electron chi connectivity index (χ3n) is 10.3. The van der Waals surface area contributed by atoms with Gasteiger partial charge in [-0.15, -0.1) is 0 Å². The maximum atomic E-state index is 14.0. The van der Waals surface area contributed by atoms with Crippen LogP contribution in [0.25, 0.3) is 11.1 Å². The minimum Gasteiger partial charge on any atom is -0.274 e. The van der Waals surface area contributed by atoms with Crippen molar-refractivity contribution in [3.8, 4) is 11.1 Å². The van der Waals surface area contributed by atoms with Gasteiger partial charge in [-0.05, 0) is 93.5 Å². The van der Waals surface area contributed by atoms with Gasteiger partial charge in [0, 0.05) is 47.6 Å². The molecule has 0 atom stereocenters. The van der Waals surface area contributed by atoms with E-state index in [4.69, 9.17) is 0 Å². The molecule has 0 bridgehead atoms. The molecule has 12 heteroatoms. The molecule has 0 fully saturated rings. The zero-order valence-corrected chi connectivity index (χ0v) is 35.6. The van der Waals surface area contributed by atoms with Crippen LogP contribution in [0, 0.1) is 0 Å². The minimum absolute atomic E-state index is 0.255. The van der Waals surface area contributed by atoms with Crippen LogP contribution in [0.1, 0.15) is 76.5 Å². The van der Waals surface area contributed by atoms with Crippen molar-refractivity contribution in [3.05, 3.63) is 129 Å². The van der Waals surface area contributed by atoms with Gasteiger partial charge < -0.3 is 0 Å². The highest BCUT2D eigenvalue weighted by atomic mass is 32.2. The molecule has 3 aliphatic rings. The lowest BCUT2D eigenvalue weighted by Gasteiger charge is -2.34. The van der Waals surface area contributed by atoms with Gasteiger partial charge in [0.1, 0.15) is 0 Å². The second-order valence-electron chi connectivity index (χ2n) is 13.5. The molecular formula is C43H44N2O4S6. The normalized spacial score (nSPS) is 15.2. The van der Waals surface area contributed by atoms with Gasteiger partial charge in [-0.25, -0.2) is 0 Å². The third-order valence-corrected chi connectivity index (χ3v) is 16.0. The van der Waals surface area contributed by atoms with Crippen molar-refractivity contribution in [3.63, 3.8) is 0 Å². The Hall–Kier alpha value is -2.74. The first kappa shape index (κ1) is 40.5. The number of benzene rings is 4. The average Bonchev–Trinajstić information content (AvgIpc) is 3.74. The van der Waals surface area contributed by atoms with E-state index in [2.05, 4.69) is 49.5 Å². The molecule has 286 valence electrons. The third kappa shape index (κ3) is 7.93. The van der Waals surface area contributed by atoms with Crippen molar-refractivity contribution in [2.24, 2.45) is 0 Å². The number of carbonyl (C=O) groups excluding carboxylic acids is 4. The number of nitrogens with zero attached hydrogens (tertiary/aromatic N) is 2. The van der Waals surface area contributed by atoms with E-state index < -0.39 is 5.41 Å². The Labute approximate surface area is 351 Å². The van der Waals surface area contributed by atoms with Crippen LogP contribution in [0.15, 0.2) is 84.9 Å². The Morgan fingerprint density at radius 2 is 0.818 bits per heavy atom. The Morgan fingerprint density at radius 1 is 0.436 bits per heavy atom. The fourth-order valence-corrected chi connectivity index (χ4v) is 12.3. The molecule has 0 unspecified atom stereocenters. The summed E-state index contributed by atoms with van der Waals surface area (Å²) in [6, 6.07) is 27.8. The molecule has 2 heterocycles. The monoisotopic (exact) mass is 844 g/mol. The number of thiol groups is 2. The number of fused-ring (bicyclic) bond motifs is 5. The van der Waals surface area contributed by atoms with Crippen molar-refractivity contribution in [2.45, 2.75) is 18.3 Å². The standard InChI is InChI=1S/C43H44N2O4S6/c46-39-33-13-11-29(27-35(33)41(48)44(39)15-5-19-52-23-25-54-21-17-50)43(37-9-3-1-7-31(37)32-8-2-4-10-38(32)43)30-12-14-34-36(28-30)42(49)45(40(34)47)16-6-20-53-24-26-55-22-18-51/h1-4,7-14,27-28,50-51H,5-6,15-26H2. The topological polar surface area (TPSA) is 74.8 Å². The summed E-state index contributed by atoms with van der Waals surface area (Å²) in [5.74, 6) is 8.74. The van der Waals surface area contributed by atoms with E-state index in [9.17, 15) is 19.2 Å². The van der Waals surface area contributed by atoms with Crippen molar-refractivity contribution in [1.82, 2.24) is 9.80 Å². The van der Waals surface area contributed by atoms with Gasteiger partial charge in [-0.1, -0.05) is 60.7 Å². The Morgan fingerprint density at radius 3 is 1.24 bits per heavy atom. The van der Waals surface area contributed by atoms with Crippen LogP contribution < -0.4 is 0 Å². The number of hydrogen-bond acceptors (Lipinski definition) is 10. The van der Waals surface area contributed by atoms with Crippen molar-refractivity contribution in [2.75, 3.05) is 70.6 Å². The van der Waals surface area contributed by atoms with Gasteiger partial charge in [-0.2, -0.15) is 72.3 Å². The molecule has 6 nitrogen and oxygen atoms in total. The number of carbonyl (C=O) groups is 4. The summed E-state index contributed by atoms with van der Waals surface area (Å²) in [5.41, 5.74) is 6.56. The second-order valence-corrected chi connectivity index (χ2v) is 19.3. The van der Waals surface area contributed by atoms with E-state index >= 15 is 0 Å². The number of hydrogen-bond donors (Lipinski definition) is 2. The van der Waals surface area contributed by atoms with Gasteiger partial charge in [-0.3, -0.25) is 29.0 Å². The molecule has 0 saturated heterocycles. The molecule has 4 aromatic rings. The Balaban J connectivity index is 1.19. The first-order valence-electron chi connectivity index (χ1n) is 18.7. The number of rotatable bonds is 20. The molecule has 0 radical (unpaired) electrons. The highest BCUT2D eigenvalue weighted by Crippen LogP contribution is 2.56. The molecule has 4 amide bonds. The molecule has 2 aliphatic heterocycles.